The number of amides is 1. The number of halogens is 2. The number of rotatable bonds is 3. The molecule has 4 N–H and O–H groups in total. The van der Waals surface area contributed by atoms with E-state index in [1.165, 1.54) is 12.1 Å². The highest BCUT2D eigenvalue weighted by Gasteiger charge is 2.45. The van der Waals surface area contributed by atoms with Crippen molar-refractivity contribution in [1.29, 1.82) is 0 Å². The largest absolute Gasteiger partial charge is 0.409 e. The molecular formula is C13H15BrFN3O2. The van der Waals surface area contributed by atoms with Crippen molar-refractivity contribution in [2.75, 3.05) is 5.32 Å². The fourth-order valence-electron chi connectivity index (χ4n) is 2.51. The second-order valence-electron chi connectivity index (χ2n) is 4.85. The number of nitrogens with two attached hydrogens (primary N) is 1. The molecule has 1 aromatic carbocycles. The summed E-state index contributed by atoms with van der Waals surface area (Å²) >= 11 is 3.22. The Balaban J connectivity index is 2.28. The van der Waals surface area contributed by atoms with Crippen LogP contribution in [0.15, 0.2) is 27.8 Å². The zero-order valence-corrected chi connectivity index (χ0v) is 12.3. The maximum Gasteiger partial charge on any atom is 0.238 e. The summed E-state index contributed by atoms with van der Waals surface area (Å²) in [7, 11) is 0. The van der Waals surface area contributed by atoms with Gasteiger partial charge >= 0.3 is 0 Å². The van der Waals surface area contributed by atoms with E-state index in [1.54, 1.807) is 6.07 Å². The van der Waals surface area contributed by atoms with Crippen LogP contribution in [0.1, 0.15) is 25.7 Å². The Kier molecular flexibility index (Phi) is 4.27. The molecule has 0 heterocycles. The topological polar surface area (TPSA) is 87.7 Å². The number of carbonyl (C=O) groups is 1. The fraction of sp³-hybridized carbons (Fsp3) is 0.385. The van der Waals surface area contributed by atoms with Crippen molar-refractivity contribution in [2.45, 2.75) is 25.7 Å². The van der Waals surface area contributed by atoms with Crippen molar-refractivity contribution < 1.29 is 14.4 Å². The Morgan fingerprint density at radius 2 is 2.10 bits per heavy atom. The Bertz CT molecular complexity index is 557. The SMILES string of the molecule is NC(=NO)C1(C(=O)Nc2cc(Br)ccc2F)CCCC1. The average molecular weight is 344 g/mol. The third-order valence-corrected chi connectivity index (χ3v) is 4.16. The normalized spacial score (nSPS) is 18.0. The Morgan fingerprint density at radius 3 is 2.70 bits per heavy atom. The molecule has 1 saturated carbocycles. The first-order chi connectivity index (χ1) is 9.49. The Morgan fingerprint density at radius 1 is 1.45 bits per heavy atom. The fourth-order valence-corrected chi connectivity index (χ4v) is 2.87. The molecule has 20 heavy (non-hydrogen) atoms. The van der Waals surface area contributed by atoms with Crippen LogP contribution in [0.4, 0.5) is 10.1 Å². The molecule has 1 aliphatic carbocycles. The Labute approximate surface area is 124 Å². The molecule has 1 fully saturated rings. The van der Waals surface area contributed by atoms with E-state index in [0.717, 1.165) is 12.8 Å². The van der Waals surface area contributed by atoms with E-state index in [2.05, 4.69) is 26.4 Å². The van der Waals surface area contributed by atoms with Gasteiger partial charge in [0, 0.05) is 4.47 Å². The van der Waals surface area contributed by atoms with Gasteiger partial charge in [0.05, 0.1) is 5.69 Å². The summed E-state index contributed by atoms with van der Waals surface area (Å²) in [6.07, 6.45) is 2.60. The molecule has 2 rings (SSSR count). The predicted octanol–water partition coefficient (Wildman–Crippen LogP) is 2.83. The highest BCUT2D eigenvalue weighted by atomic mass is 79.9. The van der Waals surface area contributed by atoms with Crippen molar-refractivity contribution in [2.24, 2.45) is 16.3 Å². The van der Waals surface area contributed by atoms with Gasteiger partial charge in [-0.05, 0) is 31.0 Å². The maximum absolute atomic E-state index is 13.7. The third kappa shape index (κ3) is 2.63. The molecule has 0 spiro atoms. The van der Waals surface area contributed by atoms with E-state index in [0.29, 0.717) is 17.3 Å². The van der Waals surface area contributed by atoms with E-state index in [-0.39, 0.29) is 11.5 Å². The molecule has 0 bridgehead atoms. The van der Waals surface area contributed by atoms with Gasteiger partial charge in [-0.25, -0.2) is 4.39 Å². The lowest BCUT2D eigenvalue weighted by Gasteiger charge is -2.26. The molecule has 0 atom stereocenters. The second kappa shape index (κ2) is 5.78. The van der Waals surface area contributed by atoms with Gasteiger partial charge in [0.15, 0.2) is 5.84 Å². The number of amidine groups is 1. The van der Waals surface area contributed by atoms with E-state index in [1.807, 2.05) is 0 Å². The van der Waals surface area contributed by atoms with Gasteiger partial charge < -0.3 is 16.3 Å². The van der Waals surface area contributed by atoms with Gasteiger partial charge in [-0.1, -0.05) is 33.9 Å². The molecule has 108 valence electrons. The number of anilines is 1. The summed E-state index contributed by atoms with van der Waals surface area (Å²) in [5.41, 5.74) is 4.69. The predicted molar refractivity (Wildman–Crippen MR) is 77.0 cm³/mol. The van der Waals surface area contributed by atoms with Crippen LogP contribution in [-0.4, -0.2) is 17.0 Å². The van der Waals surface area contributed by atoms with Crippen LogP contribution < -0.4 is 11.1 Å². The molecule has 1 aromatic rings. The van der Waals surface area contributed by atoms with Crippen molar-refractivity contribution >= 4 is 33.4 Å². The Hall–Kier alpha value is -1.63. The van der Waals surface area contributed by atoms with Crippen molar-refractivity contribution in [1.82, 2.24) is 0 Å². The van der Waals surface area contributed by atoms with Crippen LogP contribution in [-0.2, 0) is 4.79 Å². The molecule has 7 heteroatoms. The number of oxime groups is 1. The van der Waals surface area contributed by atoms with Gasteiger partial charge in [0.25, 0.3) is 0 Å². The first kappa shape index (κ1) is 14.8. The van der Waals surface area contributed by atoms with Gasteiger partial charge in [-0.3, -0.25) is 4.79 Å². The average Bonchev–Trinajstić information content (AvgIpc) is 2.92. The lowest BCUT2D eigenvalue weighted by Crippen LogP contribution is -2.45. The van der Waals surface area contributed by atoms with Crippen LogP contribution in [0.2, 0.25) is 0 Å². The molecule has 1 amide bonds. The minimum absolute atomic E-state index is 0.0707. The van der Waals surface area contributed by atoms with Crippen molar-refractivity contribution in [3.63, 3.8) is 0 Å². The molecular weight excluding hydrogens is 329 g/mol. The summed E-state index contributed by atoms with van der Waals surface area (Å²) in [5.74, 6) is -1.10. The molecule has 0 unspecified atom stereocenters. The van der Waals surface area contributed by atoms with E-state index < -0.39 is 17.1 Å². The minimum Gasteiger partial charge on any atom is -0.409 e. The van der Waals surface area contributed by atoms with E-state index in [9.17, 15) is 9.18 Å². The van der Waals surface area contributed by atoms with Crippen LogP contribution >= 0.6 is 15.9 Å². The summed E-state index contributed by atoms with van der Waals surface area (Å²) < 4.78 is 14.3. The number of nitrogens with one attached hydrogen (secondary N) is 1. The smallest absolute Gasteiger partial charge is 0.238 e. The second-order valence-corrected chi connectivity index (χ2v) is 5.77. The van der Waals surface area contributed by atoms with Crippen LogP contribution in [0, 0.1) is 11.2 Å². The van der Waals surface area contributed by atoms with Gasteiger partial charge in [0.2, 0.25) is 5.91 Å². The lowest BCUT2D eigenvalue weighted by molar-refractivity contribution is -0.122. The number of benzene rings is 1. The summed E-state index contributed by atoms with van der Waals surface area (Å²) in [5, 5.41) is 14.4. The van der Waals surface area contributed by atoms with E-state index in [4.69, 9.17) is 10.9 Å². The number of hydrogen-bond acceptors (Lipinski definition) is 3. The number of hydrogen-bond donors (Lipinski definition) is 3. The quantitative estimate of drug-likeness (QED) is 0.341. The first-order valence-corrected chi connectivity index (χ1v) is 7.03. The van der Waals surface area contributed by atoms with Crippen molar-refractivity contribution in [3.05, 3.63) is 28.5 Å². The highest BCUT2D eigenvalue weighted by molar-refractivity contribution is 9.10. The zero-order chi connectivity index (χ0) is 14.8. The summed E-state index contributed by atoms with van der Waals surface area (Å²) in [6, 6.07) is 4.27. The summed E-state index contributed by atoms with van der Waals surface area (Å²) in [6.45, 7) is 0. The molecule has 1 aliphatic rings. The summed E-state index contributed by atoms with van der Waals surface area (Å²) in [4.78, 5) is 12.4. The molecule has 0 radical (unpaired) electrons. The zero-order valence-electron chi connectivity index (χ0n) is 10.7. The molecule has 5 nitrogen and oxygen atoms in total. The standard InChI is InChI=1S/C13H15BrFN3O2/c14-8-3-4-9(15)10(7-8)17-12(19)13(11(16)18-20)5-1-2-6-13/h3-4,7,20H,1-2,5-6H2,(H2,16,18)(H,17,19). The monoisotopic (exact) mass is 343 g/mol. The first-order valence-electron chi connectivity index (χ1n) is 6.24. The molecule has 0 aromatic heterocycles. The number of carbonyl (C=O) groups excluding carboxylic acids is 1. The number of nitrogens with zero attached hydrogens (tertiary/aromatic N) is 1. The van der Waals surface area contributed by atoms with Gasteiger partial charge in [0.1, 0.15) is 11.2 Å². The third-order valence-electron chi connectivity index (χ3n) is 3.67. The minimum atomic E-state index is -1.05. The molecule has 0 saturated heterocycles. The maximum atomic E-state index is 13.7. The van der Waals surface area contributed by atoms with E-state index >= 15 is 0 Å². The van der Waals surface area contributed by atoms with Crippen molar-refractivity contribution in [3.8, 4) is 0 Å². The lowest BCUT2D eigenvalue weighted by atomic mass is 9.83. The molecule has 0 aliphatic heterocycles. The highest BCUT2D eigenvalue weighted by Crippen LogP contribution is 2.39. The van der Waals surface area contributed by atoms with Crippen LogP contribution in [0.3, 0.4) is 0 Å². The van der Waals surface area contributed by atoms with Gasteiger partial charge in [-0.15, -0.1) is 0 Å². The van der Waals surface area contributed by atoms with Crippen LogP contribution in [0.5, 0.6) is 0 Å². The van der Waals surface area contributed by atoms with Crippen LogP contribution in [0.25, 0.3) is 0 Å². The van der Waals surface area contributed by atoms with Gasteiger partial charge in [-0.2, -0.15) is 0 Å².